The highest BCUT2D eigenvalue weighted by Crippen LogP contribution is 2.35. The van der Waals surface area contributed by atoms with Gasteiger partial charge in [0.25, 0.3) is 0 Å². The van der Waals surface area contributed by atoms with E-state index in [1.807, 2.05) is 18.2 Å². The number of aromatic nitrogens is 2. The number of unbranched alkanes of at least 4 members (excludes halogenated alkanes) is 1. The van der Waals surface area contributed by atoms with Crippen LogP contribution in [0.15, 0.2) is 60.7 Å². The number of likely N-dealkylation sites (tertiary alicyclic amines) is 1. The number of nitrogens with two attached hydrogens (primary N) is 1. The predicted molar refractivity (Wildman–Crippen MR) is 158 cm³/mol. The van der Waals surface area contributed by atoms with E-state index in [1.54, 1.807) is 19.2 Å². The number of fused-ring (bicyclic) bond motifs is 1. The van der Waals surface area contributed by atoms with Crippen molar-refractivity contribution in [2.75, 3.05) is 32.5 Å². The summed E-state index contributed by atoms with van der Waals surface area (Å²) in [5.41, 5.74) is 9.56. The van der Waals surface area contributed by atoms with E-state index >= 15 is 0 Å². The maximum Gasteiger partial charge on any atom is 0.169 e. The first-order chi connectivity index (χ1) is 19.1. The van der Waals surface area contributed by atoms with E-state index in [-0.39, 0.29) is 6.10 Å². The molecule has 1 fully saturated rings. The average molecular weight is 529 g/mol. The molecule has 2 heterocycles. The highest BCUT2D eigenvalue weighted by Gasteiger charge is 2.20. The zero-order chi connectivity index (χ0) is 27.2. The fraction of sp³-hybridized carbons (Fsp3) is 0.406. The zero-order valence-corrected chi connectivity index (χ0v) is 23.4. The molecule has 3 aromatic carbocycles. The summed E-state index contributed by atoms with van der Waals surface area (Å²) in [4.78, 5) is 7.59. The van der Waals surface area contributed by atoms with Gasteiger partial charge in [0.15, 0.2) is 11.5 Å². The highest BCUT2D eigenvalue weighted by molar-refractivity contribution is 5.82. The largest absolute Gasteiger partial charge is 0.493 e. The first kappa shape index (κ1) is 26.9. The number of benzene rings is 3. The number of hydrogen-bond acceptors (Lipinski definition) is 6. The average Bonchev–Trinajstić information content (AvgIpc) is 3.31. The van der Waals surface area contributed by atoms with Crippen LogP contribution < -0.4 is 19.9 Å². The molecule has 0 radical (unpaired) electrons. The van der Waals surface area contributed by atoms with E-state index in [0.29, 0.717) is 22.9 Å². The lowest BCUT2D eigenvalue weighted by Crippen LogP contribution is -2.38. The molecule has 7 nitrogen and oxygen atoms in total. The quantitative estimate of drug-likeness (QED) is 0.209. The second-order valence-electron chi connectivity index (χ2n) is 10.3. The van der Waals surface area contributed by atoms with Crippen molar-refractivity contribution < 1.29 is 14.2 Å². The molecule has 0 unspecified atom stereocenters. The van der Waals surface area contributed by atoms with Gasteiger partial charge in [-0.25, -0.2) is 4.98 Å². The van der Waals surface area contributed by atoms with Gasteiger partial charge in [-0.2, -0.15) is 0 Å². The molecule has 7 heteroatoms. The number of nitrogens with zero attached hydrogens (tertiary/aromatic N) is 3. The molecule has 1 saturated heterocycles. The Balaban J connectivity index is 1.32. The second-order valence-corrected chi connectivity index (χ2v) is 10.3. The fourth-order valence-electron chi connectivity index (χ4n) is 5.25. The number of imidazole rings is 1. The maximum atomic E-state index is 6.35. The molecule has 1 aliphatic heterocycles. The number of hydrogen-bond donors (Lipinski definition) is 1. The molecule has 39 heavy (non-hydrogen) atoms. The minimum absolute atomic E-state index is 0.288. The molecule has 0 atom stereocenters. The number of piperidine rings is 1. The van der Waals surface area contributed by atoms with Crippen LogP contribution in [0.3, 0.4) is 0 Å². The fourth-order valence-corrected chi connectivity index (χ4v) is 5.25. The van der Waals surface area contributed by atoms with Gasteiger partial charge in [-0.15, -0.1) is 0 Å². The summed E-state index contributed by atoms with van der Waals surface area (Å²) in [7, 11) is 1.61. The summed E-state index contributed by atoms with van der Waals surface area (Å²) in [6.45, 7) is 8.78. The van der Waals surface area contributed by atoms with E-state index < -0.39 is 0 Å². The van der Waals surface area contributed by atoms with E-state index in [0.717, 1.165) is 67.1 Å². The second kappa shape index (κ2) is 12.4. The van der Waals surface area contributed by atoms with E-state index in [9.17, 15) is 0 Å². The SMILES string of the molecule is CCCCN1CCC(Oc2ccc(-c3nc4cc(Oc5ccc(N)cc5OC)ccc4n3CCC)cc2)CC1. The number of methoxy groups -OCH3 is 1. The van der Waals surface area contributed by atoms with Crippen molar-refractivity contribution in [3.8, 4) is 34.4 Å². The van der Waals surface area contributed by atoms with Gasteiger partial charge >= 0.3 is 0 Å². The Morgan fingerprint density at radius 1 is 0.872 bits per heavy atom. The zero-order valence-electron chi connectivity index (χ0n) is 23.4. The van der Waals surface area contributed by atoms with Gasteiger partial charge in [-0.1, -0.05) is 20.3 Å². The van der Waals surface area contributed by atoms with Gasteiger partial charge in [0.1, 0.15) is 23.4 Å². The first-order valence-corrected chi connectivity index (χ1v) is 14.2. The van der Waals surface area contributed by atoms with Crippen molar-refractivity contribution in [3.63, 3.8) is 0 Å². The molecule has 0 saturated carbocycles. The van der Waals surface area contributed by atoms with Crippen LogP contribution in [0.5, 0.6) is 23.0 Å². The van der Waals surface area contributed by atoms with E-state index in [2.05, 4.69) is 53.6 Å². The van der Waals surface area contributed by atoms with Crippen molar-refractivity contribution in [2.45, 2.75) is 58.6 Å². The summed E-state index contributed by atoms with van der Waals surface area (Å²) in [6.07, 6.45) is 6.01. The van der Waals surface area contributed by atoms with Gasteiger partial charge in [0.05, 0.1) is 18.1 Å². The molecule has 0 amide bonds. The van der Waals surface area contributed by atoms with Gasteiger partial charge < -0.3 is 29.4 Å². The van der Waals surface area contributed by atoms with Crippen LogP contribution in [0.2, 0.25) is 0 Å². The highest BCUT2D eigenvalue weighted by atomic mass is 16.5. The van der Waals surface area contributed by atoms with Gasteiger partial charge in [0, 0.05) is 43.0 Å². The summed E-state index contributed by atoms with van der Waals surface area (Å²) in [5, 5.41) is 0. The monoisotopic (exact) mass is 528 g/mol. The molecule has 4 aromatic rings. The lowest BCUT2D eigenvalue weighted by atomic mass is 10.1. The normalized spacial score (nSPS) is 14.5. The molecule has 0 bridgehead atoms. The maximum absolute atomic E-state index is 6.35. The minimum Gasteiger partial charge on any atom is -0.493 e. The Labute approximate surface area is 231 Å². The van der Waals surface area contributed by atoms with Crippen LogP contribution in [-0.4, -0.2) is 47.3 Å². The molecule has 0 aliphatic carbocycles. The molecular weight excluding hydrogens is 488 g/mol. The van der Waals surface area contributed by atoms with Gasteiger partial charge in [-0.05, 0) is 80.8 Å². The number of ether oxygens (including phenoxy) is 3. The summed E-state index contributed by atoms with van der Waals surface area (Å²) >= 11 is 0. The Morgan fingerprint density at radius 3 is 2.36 bits per heavy atom. The van der Waals surface area contributed by atoms with Crippen molar-refractivity contribution in [1.29, 1.82) is 0 Å². The van der Waals surface area contributed by atoms with Gasteiger partial charge in [-0.3, -0.25) is 0 Å². The van der Waals surface area contributed by atoms with Crippen LogP contribution in [-0.2, 0) is 6.54 Å². The molecule has 2 N–H and O–H groups in total. The Bertz CT molecular complexity index is 1370. The first-order valence-electron chi connectivity index (χ1n) is 14.2. The van der Waals surface area contributed by atoms with Crippen molar-refractivity contribution in [2.24, 2.45) is 0 Å². The van der Waals surface area contributed by atoms with Crippen LogP contribution >= 0.6 is 0 Å². The van der Waals surface area contributed by atoms with Crippen LogP contribution in [0.4, 0.5) is 5.69 Å². The van der Waals surface area contributed by atoms with Crippen molar-refractivity contribution in [1.82, 2.24) is 14.5 Å². The Morgan fingerprint density at radius 2 is 1.64 bits per heavy atom. The van der Waals surface area contributed by atoms with E-state index in [1.165, 1.54) is 19.4 Å². The number of rotatable bonds is 11. The van der Waals surface area contributed by atoms with E-state index in [4.69, 9.17) is 24.9 Å². The van der Waals surface area contributed by atoms with Crippen LogP contribution in [0, 0.1) is 0 Å². The molecule has 206 valence electrons. The lowest BCUT2D eigenvalue weighted by molar-refractivity contribution is 0.0998. The number of aryl methyl sites for hydroxylation is 1. The standard InChI is InChI=1S/C32H40N4O3/c1-4-6-18-35-19-15-26(16-20-35)38-25-10-7-23(8-11-25)32-34-28-22-27(12-13-29(28)36(32)17-5-2)39-30-14-9-24(33)21-31(30)37-3/h7-14,21-22,26H,4-6,15-20,33H2,1-3H3. The van der Waals surface area contributed by atoms with Crippen LogP contribution in [0.25, 0.3) is 22.4 Å². The topological polar surface area (TPSA) is 74.8 Å². The van der Waals surface area contributed by atoms with Crippen LogP contribution in [0.1, 0.15) is 46.0 Å². The molecule has 5 rings (SSSR count). The number of nitrogen functional groups attached to an aromatic ring is 1. The molecule has 1 aliphatic rings. The predicted octanol–water partition coefficient (Wildman–Crippen LogP) is 7.14. The Hall–Kier alpha value is -3.71. The van der Waals surface area contributed by atoms with Gasteiger partial charge in [0.2, 0.25) is 0 Å². The summed E-state index contributed by atoms with van der Waals surface area (Å²) in [5.74, 6) is 3.78. The molecular formula is C32H40N4O3. The smallest absolute Gasteiger partial charge is 0.169 e. The van der Waals surface area contributed by atoms with Crippen molar-refractivity contribution >= 4 is 16.7 Å². The lowest BCUT2D eigenvalue weighted by Gasteiger charge is -2.32. The Kier molecular flexibility index (Phi) is 8.57. The number of anilines is 1. The minimum atomic E-state index is 0.288. The third-order valence-corrected chi connectivity index (χ3v) is 7.36. The molecule has 1 aromatic heterocycles. The molecule has 0 spiro atoms. The summed E-state index contributed by atoms with van der Waals surface area (Å²) < 4.78 is 20.2. The van der Waals surface area contributed by atoms with Crippen molar-refractivity contribution in [3.05, 3.63) is 60.7 Å². The third-order valence-electron chi connectivity index (χ3n) is 7.36. The third kappa shape index (κ3) is 6.31. The summed E-state index contributed by atoms with van der Waals surface area (Å²) in [6, 6.07) is 19.8.